The van der Waals surface area contributed by atoms with Crippen molar-refractivity contribution in [1.29, 1.82) is 5.26 Å². The molecule has 0 aliphatic carbocycles. The molecule has 0 saturated heterocycles. The molecule has 35 heavy (non-hydrogen) atoms. The van der Waals surface area contributed by atoms with Crippen LogP contribution in [0.5, 0.6) is 0 Å². The van der Waals surface area contributed by atoms with E-state index in [1.165, 1.54) is 30.2 Å². The highest BCUT2D eigenvalue weighted by atomic mass is 35.5. The Morgan fingerprint density at radius 3 is 2.31 bits per heavy atom. The number of nitriles is 1. The number of carbonyl (C=O) groups is 3. The molecule has 1 aliphatic heterocycles. The summed E-state index contributed by atoms with van der Waals surface area (Å²) < 4.78 is 9.98. The average molecular weight is 495 g/mol. The van der Waals surface area contributed by atoms with Crippen LogP contribution in [-0.2, 0) is 19.1 Å². The van der Waals surface area contributed by atoms with Crippen molar-refractivity contribution < 1.29 is 23.9 Å². The highest BCUT2D eigenvalue weighted by molar-refractivity contribution is 6.34. The van der Waals surface area contributed by atoms with E-state index in [2.05, 4.69) is 11.4 Å². The summed E-state index contributed by atoms with van der Waals surface area (Å²) in [6.45, 7) is 2.18. The van der Waals surface area contributed by atoms with Gasteiger partial charge in [-0.1, -0.05) is 41.9 Å². The number of carbonyl (C=O) groups excluding carboxylic acids is 3. The number of ether oxygens (including phenoxy) is 2. The van der Waals surface area contributed by atoms with Crippen LogP contribution < -0.4 is 16.0 Å². The molecule has 10 heteroatoms. The minimum Gasteiger partial charge on any atom is -0.466 e. The minimum atomic E-state index is -0.982. The van der Waals surface area contributed by atoms with Crippen molar-refractivity contribution >= 4 is 35.1 Å². The predicted octanol–water partition coefficient (Wildman–Crippen LogP) is 2.99. The van der Waals surface area contributed by atoms with Crippen LogP contribution >= 0.6 is 11.6 Å². The van der Waals surface area contributed by atoms with Gasteiger partial charge in [-0.2, -0.15) is 5.26 Å². The van der Waals surface area contributed by atoms with Crippen LogP contribution in [0.15, 0.2) is 71.2 Å². The van der Waals surface area contributed by atoms with E-state index < -0.39 is 17.9 Å². The van der Waals surface area contributed by atoms with E-state index in [-0.39, 0.29) is 44.8 Å². The summed E-state index contributed by atoms with van der Waals surface area (Å²) in [5, 5.41) is 12.8. The van der Waals surface area contributed by atoms with E-state index in [0.717, 1.165) is 7.11 Å². The van der Waals surface area contributed by atoms with Gasteiger partial charge in [-0.25, -0.2) is 9.59 Å². The smallest absolute Gasteiger partial charge is 0.355 e. The van der Waals surface area contributed by atoms with Crippen molar-refractivity contribution in [2.45, 2.75) is 12.8 Å². The Hall–Kier alpha value is -4.29. The summed E-state index contributed by atoms with van der Waals surface area (Å²) in [4.78, 5) is 39.6. The summed E-state index contributed by atoms with van der Waals surface area (Å²) in [7, 11) is 2.33. The maximum Gasteiger partial charge on any atom is 0.355 e. The second kappa shape index (κ2) is 10.8. The minimum absolute atomic E-state index is 0.0215. The number of hydrogen-bond donors (Lipinski definition) is 2. The first kappa shape index (κ1) is 25.3. The lowest BCUT2D eigenvalue weighted by Gasteiger charge is -2.36. The summed E-state index contributed by atoms with van der Waals surface area (Å²) >= 11 is 6.38. The molecular weight excluding hydrogens is 472 g/mol. The summed E-state index contributed by atoms with van der Waals surface area (Å²) in [6, 6.07) is 15.1. The number of nitrogens with one attached hydrogen (secondary N) is 1. The SMILES string of the molecule is CCNC(=O)c1ccc(N2C(N)=C(C#N)C(c3ccccc3)C(C(=O)OC)=C2C(=O)OC)cc1Cl. The van der Waals surface area contributed by atoms with Crippen LogP contribution in [0.25, 0.3) is 0 Å². The number of amides is 1. The summed E-state index contributed by atoms with van der Waals surface area (Å²) in [6.07, 6.45) is 0. The third-order valence-electron chi connectivity index (χ3n) is 5.40. The Morgan fingerprint density at radius 1 is 1.11 bits per heavy atom. The van der Waals surface area contributed by atoms with Crippen molar-refractivity contribution in [1.82, 2.24) is 5.32 Å². The molecule has 2 aromatic carbocycles. The Bertz CT molecular complexity index is 1280. The zero-order chi connectivity index (χ0) is 25.7. The van der Waals surface area contributed by atoms with Gasteiger partial charge in [-0.15, -0.1) is 0 Å². The molecule has 0 aromatic heterocycles. The second-order valence-electron chi connectivity index (χ2n) is 7.36. The van der Waals surface area contributed by atoms with Gasteiger partial charge in [-0.05, 0) is 30.7 Å². The number of allylic oxidation sites excluding steroid dienone is 1. The number of benzene rings is 2. The number of esters is 2. The molecule has 0 radical (unpaired) electrons. The molecule has 3 N–H and O–H groups in total. The highest BCUT2D eigenvalue weighted by Crippen LogP contribution is 2.43. The van der Waals surface area contributed by atoms with Crippen molar-refractivity contribution in [2.75, 3.05) is 25.7 Å². The maximum atomic E-state index is 13.1. The van der Waals surface area contributed by atoms with Gasteiger partial charge in [0.25, 0.3) is 5.91 Å². The van der Waals surface area contributed by atoms with Crippen LogP contribution in [-0.4, -0.2) is 38.6 Å². The predicted molar refractivity (Wildman–Crippen MR) is 129 cm³/mol. The average Bonchev–Trinajstić information content (AvgIpc) is 2.87. The molecule has 0 saturated carbocycles. The lowest BCUT2D eigenvalue weighted by Crippen LogP contribution is -2.40. The first-order valence-corrected chi connectivity index (χ1v) is 10.9. The third-order valence-corrected chi connectivity index (χ3v) is 5.72. The number of halogens is 1. The first-order chi connectivity index (χ1) is 16.8. The van der Waals surface area contributed by atoms with Crippen LogP contribution in [0.1, 0.15) is 28.8 Å². The van der Waals surface area contributed by atoms with Crippen molar-refractivity contribution in [3.63, 3.8) is 0 Å². The molecule has 1 aliphatic rings. The largest absolute Gasteiger partial charge is 0.466 e. The van der Waals surface area contributed by atoms with Gasteiger partial charge in [0, 0.05) is 12.2 Å². The summed E-state index contributed by atoms with van der Waals surface area (Å²) in [5.41, 5.74) is 7.11. The number of hydrogen-bond acceptors (Lipinski definition) is 8. The Kier molecular flexibility index (Phi) is 7.79. The molecule has 0 fully saturated rings. The molecule has 0 bridgehead atoms. The monoisotopic (exact) mass is 494 g/mol. The van der Waals surface area contributed by atoms with Gasteiger partial charge in [0.2, 0.25) is 0 Å². The van der Waals surface area contributed by atoms with Gasteiger partial charge in [0.15, 0.2) is 0 Å². The topological polar surface area (TPSA) is 135 Å². The fourth-order valence-corrected chi connectivity index (χ4v) is 4.13. The van der Waals surface area contributed by atoms with E-state index >= 15 is 0 Å². The standard InChI is InChI=1S/C25H23ClN4O5/c1-4-29-23(31)16-11-10-15(12-18(16)26)30-21(25(33)35-3)20(24(32)34-2)19(17(13-27)22(30)28)14-8-6-5-7-9-14/h5-12,19H,4,28H2,1-3H3,(H,29,31). The number of rotatable bonds is 6. The molecule has 1 unspecified atom stereocenters. The maximum absolute atomic E-state index is 13.1. The van der Waals surface area contributed by atoms with Crippen LogP contribution in [0, 0.1) is 11.3 Å². The van der Waals surface area contributed by atoms with Crippen molar-refractivity contribution in [3.8, 4) is 6.07 Å². The van der Waals surface area contributed by atoms with Gasteiger partial charge in [0.1, 0.15) is 11.5 Å². The number of methoxy groups -OCH3 is 2. The van der Waals surface area contributed by atoms with Crippen LogP contribution in [0.2, 0.25) is 5.02 Å². The van der Waals surface area contributed by atoms with Gasteiger partial charge in [-0.3, -0.25) is 9.69 Å². The zero-order valence-corrected chi connectivity index (χ0v) is 20.1. The Balaban J connectivity index is 2.34. The molecule has 2 aromatic rings. The lowest BCUT2D eigenvalue weighted by molar-refractivity contribution is -0.139. The number of nitrogens with two attached hydrogens (primary N) is 1. The van der Waals surface area contributed by atoms with Gasteiger partial charge in [0.05, 0.1) is 47.9 Å². The molecule has 180 valence electrons. The summed E-state index contributed by atoms with van der Waals surface area (Å²) in [5.74, 6) is -3.18. The first-order valence-electron chi connectivity index (χ1n) is 10.5. The van der Waals surface area contributed by atoms with E-state index in [1.54, 1.807) is 37.3 Å². The fraction of sp³-hybridized carbons (Fsp3) is 0.200. The zero-order valence-electron chi connectivity index (χ0n) is 19.3. The number of anilines is 1. The van der Waals surface area contributed by atoms with Crippen LogP contribution in [0.3, 0.4) is 0 Å². The highest BCUT2D eigenvalue weighted by Gasteiger charge is 2.43. The molecule has 1 heterocycles. The van der Waals surface area contributed by atoms with E-state index in [9.17, 15) is 19.6 Å². The van der Waals surface area contributed by atoms with Crippen molar-refractivity contribution in [2.24, 2.45) is 5.73 Å². The quantitative estimate of drug-likeness (QED) is 0.585. The molecule has 9 nitrogen and oxygen atoms in total. The molecule has 3 rings (SSSR count). The van der Waals surface area contributed by atoms with E-state index in [1.807, 2.05) is 0 Å². The number of nitrogens with zero attached hydrogens (tertiary/aromatic N) is 2. The van der Waals surface area contributed by atoms with Gasteiger partial charge >= 0.3 is 11.9 Å². The molecule has 0 spiro atoms. The molecule has 1 amide bonds. The normalized spacial score (nSPS) is 15.4. The van der Waals surface area contributed by atoms with Gasteiger partial charge < -0.3 is 20.5 Å². The van der Waals surface area contributed by atoms with E-state index in [0.29, 0.717) is 12.1 Å². The Labute approximate surface area is 207 Å². The van der Waals surface area contributed by atoms with Crippen molar-refractivity contribution in [3.05, 3.63) is 87.3 Å². The molecule has 1 atom stereocenters. The third kappa shape index (κ3) is 4.69. The second-order valence-corrected chi connectivity index (χ2v) is 7.77. The van der Waals surface area contributed by atoms with E-state index in [4.69, 9.17) is 26.8 Å². The Morgan fingerprint density at radius 2 is 1.77 bits per heavy atom. The lowest BCUT2D eigenvalue weighted by atomic mass is 9.81. The van der Waals surface area contributed by atoms with Crippen LogP contribution in [0.4, 0.5) is 5.69 Å². The fourth-order valence-electron chi connectivity index (χ4n) is 3.86. The molecular formula is C25H23ClN4O5.